The molecule has 1 fully saturated rings. The topological polar surface area (TPSA) is 57.7 Å². The van der Waals surface area contributed by atoms with E-state index in [0.717, 1.165) is 10.8 Å². The van der Waals surface area contributed by atoms with Gasteiger partial charge in [0.15, 0.2) is 0 Å². The van der Waals surface area contributed by atoms with Crippen molar-refractivity contribution in [3.05, 3.63) is 77.3 Å². The van der Waals surface area contributed by atoms with Crippen LogP contribution in [0.2, 0.25) is 5.02 Å². The van der Waals surface area contributed by atoms with Gasteiger partial charge in [0.05, 0.1) is 5.02 Å². The summed E-state index contributed by atoms with van der Waals surface area (Å²) < 4.78 is 27.1. The Bertz CT molecular complexity index is 1130. The van der Waals surface area contributed by atoms with Crippen molar-refractivity contribution < 1.29 is 13.2 Å². The Morgan fingerprint density at radius 1 is 0.821 bits per heavy atom. The summed E-state index contributed by atoms with van der Waals surface area (Å²) in [6, 6.07) is 19.8. The van der Waals surface area contributed by atoms with Crippen molar-refractivity contribution in [3.8, 4) is 0 Å². The normalized spacial score (nSPS) is 15.7. The van der Waals surface area contributed by atoms with Crippen LogP contribution in [0.5, 0.6) is 0 Å². The molecular weight excluding hydrogens is 396 g/mol. The van der Waals surface area contributed by atoms with Gasteiger partial charge in [0.2, 0.25) is 10.0 Å². The van der Waals surface area contributed by atoms with Crippen LogP contribution in [0.25, 0.3) is 10.8 Å². The highest BCUT2D eigenvalue weighted by Crippen LogP contribution is 2.26. The number of piperazine rings is 1. The third-order valence-corrected chi connectivity index (χ3v) is 7.40. The predicted molar refractivity (Wildman–Crippen MR) is 110 cm³/mol. The molecule has 1 saturated heterocycles. The molecule has 0 unspecified atom stereocenters. The van der Waals surface area contributed by atoms with Gasteiger partial charge in [0.25, 0.3) is 5.91 Å². The number of carbonyl (C=O) groups is 1. The van der Waals surface area contributed by atoms with Crippen LogP contribution in [0.1, 0.15) is 10.4 Å². The molecule has 0 aromatic heterocycles. The summed E-state index contributed by atoms with van der Waals surface area (Å²) in [5, 5.41) is 2.12. The third-order valence-electron chi connectivity index (χ3n) is 5.00. The molecule has 3 aromatic carbocycles. The molecule has 0 bridgehead atoms. The molecule has 28 heavy (non-hydrogen) atoms. The third kappa shape index (κ3) is 3.39. The van der Waals surface area contributed by atoms with E-state index in [9.17, 15) is 13.2 Å². The molecular formula is C21H19ClN2O3S. The molecule has 0 atom stereocenters. The smallest absolute Gasteiger partial charge is 0.254 e. The highest BCUT2D eigenvalue weighted by Gasteiger charge is 2.31. The van der Waals surface area contributed by atoms with Crippen molar-refractivity contribution in [2.75, 3.05) is 26.2 Å². The maximum atomic E-state index is 13.0. The lowest BCUT2D eigenvalue weighted by atomic mass is 10.0. The molecule has 7 heteroatoms. The van der Waals surface area contributed by atoms with Crippen molar-refractivity contribution in [3.63, 3.8) is 0 Å². The summed E-state index contributed by atoms with van der Waals surface area (Å²) >= 11 is 6.07. The first kappa shape index (κ1) is 18.9. The Balaban J connectivity index is 1.53. The SMILES string of the molecule is O=C(c1cccc2ccccc12)N1CCN(S(=O)(=O)c2ccccc2Cl)CC1. The summed E-state index contributed by atoms with van der Waals surface area (Å²) in [5.41, 5.74) is 0.639. The van der Waals surface area contributed by atoms with Crippen LogP contribution in [0, 0.1) is 0 Å². The fourth-order valence-corrected chi connectivity index (χ4v) is 5.42. The van der Waals surface area contributed by atoms with Crippen LogP contribution in [0.3, 0.4) is 0 Å². The van der Waals surface area contributed by atoms with Crippen molar-refractivity contribution in [1.82, 2.24) is 9.21 Å². The van der Waals surface area contributed by atoms with E-state index < -0.39 is 10.0 Å². The van der Waals surface area contributed by atoms with Crippen LogP contribution in [-0.2, 0) is 10.0 Å². The second kappa shape index (κ2) is 7.54. The van der Waals surface area contributed by atoms with Crippen molar-refractivity contribution in [2.45, 2.75) is 4.90 Å². The molecule has 3 aromatic rings. The van der Waals surface area contributed by atoms with E-state index >= 15 is 0 Å². The van der Waals surface area contributed by atoms with E-state index in [4.69, 9.17) is 11.6 Å². The van der Waals surface area contributed by atoms with Gasteiger partial charge in [-0.05, 0) is 29.0 Å². The lowest BCUT2D eigenvalue weighted by molar-refractivity contribution is 0.0700. The minimum atomic E-state index is -3.68. The van der Waals surface area contributed by atoms with E-state index in [1.807, 2.05) is 42.5 Å². The number of amides is 1. The highest BCUT2D eigenvalue weighted by atomic mass is 35.5. The van der Waals surface area contributed by atoms with Crippen molar-refractivity contribution in [2.24, 2.45) is 0 Å². The number of rotatable bonds is 3. The molecule has 4 rings (SSSR count). The first-order chi connectivity index (χ1) is 13.5. The number of sulfonamides is 1. The predicted octanol–water partition coefficient (Wildman–Crippen LogP) is 3.64. The van der Waals surface area contributed by atoms with Crippen LogP contribution >= 0.6 is 11.6 Å². The Morgan fingerprint density at radius 2 is 1.46 bits per heavy atom. The van der Waals surface area contributed by atoms with Gasteiger partial charge >= 0.3 is 0 Å². The Morgan fingerprint density at radius 3 is 2.21 bits per heavy atom. The number of fused-ring (bicyclic) bond motifs is 1. The molecule has 1 heterocycles. The molecule has 0 N–H and O–H groups in total. The summed E-state index contributed by atoms with van der Waals surface area (Å²) in [5.74, 6) is -0.0772. The number of halogens is 1. The number of hydrogen-bond acceptors (Lipinski definition) is 3. The molecule has 0 saturated carbocycles. The molecule has 0 radical (unpaired) electrons. The van der Waals surface area contributed by atoms with E-state index in [1.54, 1.807) is 23.1 Å². The number of hydrogen-bond donors (Lipinski definition) is 0. The first-order valence-corrected chi connectivity index (χ1v) is 10.8. The van der Waals surface area contributed by atoms with E-state index in [0.29, 0.717) is 18.7 Å². The molecule has 0 aliphatic carbocycles. The average molecular weight is 415 g/mol. The van der Waals surface area contributed by atoms with Gasteiger partial charge in [-0.3, -0.25) is 4.79 Å². The van der Waals surface area contributed by atoms with E-state index in [-0.39, 0.29) is 28.9 Å². The summed E-state index contributed by atoms with van der Waals surface area (Å²) in [6.07, 6.45) is 0. The number of benzene rings is 3. The van der Waals surface area contributed by atoms with Crippen LogP contribution in [-0.4, -0.2) is 49.7 Å². The summed E-state index contributed by atoms with van der Waals surface area (Å²) in [4.78, 5) is 14.8. The molecule has 0 spiro atoms. The van der Waals surface area contributed by atoms with E-state index in [2.05, 4.69) is 0 Å². The number of nitrogens with zero attached hydrogens (tertiary/aromatic N) is 2. The second-order valence-electron chi connectivity index (χ2n) is 6.65. The van der Waals surface area contributed by atoms with Crippen LogP contribution in [0.4, 0.5) is 0 Å². The molecule has 1 aliphatic heterocycles. The molecule has 1 amide bonds. The standard InChI is InChI=1S/C21H19ClN2O3S/c22-19-10-3-4-11-20(19)28(26,27)24-14-12-23(13-15-24)21(25)18-9-5-7-16-6-1-2-8-17(16)18/h1-11H,12-15H2. The van der Waals surface area contributed by atoms with Gasteiger partial charge in [-0.15, -0.1) is 0 Å². The van der Waals surface area contributed by atoms with Crippen LogP contribution in [0.15, 0.2) is 71.6 Å². The minimum Gasteiger partial charge on any atom is -0.336 e. The molecule has 1 aliphatic rings. The largest absolute Gasteiger partial charge is 0.336 e. The quantitative estimate of drug-likeness (QED) is 0.657. The lowest BCUT2D eigenvalue weighted by Gasteiger charge is -2.34. The zero-order valence-corrected chi connectivity index (χ0v) is 16.7. The Labute approximate surface area is 169 Å². The lowest BCUT2D eigenvalue weighted by Crippen LogP contribution is -2.50. The van der Waals surface area contributed by atoms with Gasteiger partial charge < -0.3 is 4.90 Å². The average Bonchev–Trinajstić information content (AvgIpc) is 2.73. The monoisotopic (exact) mass is 414 g/mol. The highest BCUT2D eigenvalue weighted by molar-refractivity contribution is 7.89. The van der Waals surface area contributed by atoms with Gasteiger partial charge in [-0.25, -0.2) is 8.42 Å². The molecule has 144 valence electrons. The van der Waals surface area contributed by atoms with Gasteiger partial charge in [-0.1, -0.05) is 60.1 Å². The summed E-state index contributed by atoms with van der Waals surface area (Å²) in [6.45, 7) is 1.16. The first-order valence-electron chi connectivity index (χ1n) is 9.00. The van der Waals surface area contributed by atoms with Crippen LogP contribution < -0.4 is 0 Å². The Hall–Kier alpha value is -2.41. The van der Waals surface area contributed by atoms with Gasteiger partial charge in [0, 0.05) is 31.7 Å². The fraction of sp³-hybridized carbons (Fsp3) is 0.190. The van der Waals surface area contributed by atoms with Gasteiger partial charge in [0.1, 0.15) is 4.90 Å². The minimum absolute atomic E-state index is 0.0772. The Kier molecular flexibility index (Phi) is 5.10. The summed E-state index contributed by atoms with van der Waals surface area (Å²) in [7, 11) is -3.68. The zero-order chi connectivity index (χ0) is 19.7. The maximum absolute atomic E-state index is 13.0. The van der Waals surface area contributed by atoms with E-state index in [1.165, 1.54) is 10.4 Å². The second-order valence-corrected chi connectivity index (χ2v) is 8.97. The van der Waals surface area contributed by atoms with Crippen molar-refractivity contribution >= 4 is 38.3 Å². The zero-order valence-electron chi connectivity index (χ0n) is 15.1. The fourth-order valence-electron chi connectivity index (χ4n) is 3.51. The van der Waals surface area contributed by atoms with Crippen molar-refractivity contribution in [1.29, 1.82) is 0 Å². The van der Waals surface area contributed by atoms with Gasteiger partial charge in [-0.2, -0.15) is 4.31 Å². The molecule has 5 nitrogen and oxygen atoms in total. The maximum Gasteiger partial charge on any atom is 0.254 e. The number of carbonyl (C=O) groups excluding carboxylic acids is 1.